The Morgan fingerprint density at radius 3 is 2.17 bits per heavy atom. The van der Waals surface area contributed by atoms with Crippen molar-refractivity contribution in [2.75, 3.05) is 5.75 Å². The molecule has 0 saturated carbocycles. The van der Waals surface area contributed by atoms with Crippen molar-refractivity contribution in [3.63, 3.8) is 0 Å². The molecule has 0 bridgehead atoms. The Morgan fingerprint density at radius 1 is 0.917 bits per heavy atom. The lowest BCUT2D eigenvalue weighted by Gasteiger charge is -2.07. The fourth-order valence-corrected chi connectivity index (χ4v) is 2.87. The number of amides is 2. The van der Waals surface area contributed by atoms with Crippen LogP contribution in [-0.2, 0) is 21.8 Å². The summed E-state index contributed by atoms with van der Waals surface area (Å²) in [6.45, 7) is 2.04. The zero-order valence-corrected chi connectivity index (χ0v) is 14.9. The molecule has 0 spiro atoms. The summed E-state index contributed by atoms with van der Waals surface area (Å²) in [4.78, 5) is 23.5. The van der Waals surface area contributed by atoms with E-state index < -0.39 is 0 Å². The van der Waals surface area contributed by atoms with E-state index in [2.05, 4.69) is 10.9 Å². The van der Waals surface area contributed by atoms with Gasteiger partial charge in [-0.2, -0.15) is 0 Å². The van der Waals surface area contributed by atoms with Gasteiger partial charge in [0.1, 0.15) is 0 Å². The van der Waals surface area contributed by atoms with Crippen LogP contribution in [0.3, 0.4) is 0 Å². The van der Waals surface area contributed by atoms with Crippen LogP contribution in [0.4, 0.5) is 0 Å². The second-order valence-electron chi connectivity index (χ2n) is 5.38. The van der Waals surface area contributed by atoms with Gasteiger partial charge in [-0.05, 0) is 30.2 Å². The van der Waals surface area contributed by atoms with E-state index >= 15 is 0 Å². The highest BCUT2D eigenvalue weighted by molar-refractivity contribution is 7.99. The van der Waals surface area contributed by atoms with Crippen LogP contribution in [0.5, 0.6) is 0 Å². The summed E-state index contributed by atoms with van der Waals surface area (Å²) < 4.78 is 0. The highest BCUT2D eigenvalue weighted by atomic mass is 35.5. The van der Waals surface area contributed by atoms with Crippen molar-refractivity contribution in [2.24, 2.45) is 0 Å². The fraction of sp³-hybridized carbons (Fsp3) is 0.222. The third-order valence-electron chi connectivity index (χ3n) is 3.24. The minimum absolute atomic E-state index is 0.188. The molecule has 4 nitrogen and oxygen atoms in total. The average molecular weight is 363 g/mol. The lowest BCUT2D eigenvalue weighted by Crippen LogP contribution is -2.43. The first-order valence-electron chi connectivity index (χ1n) is 7.48. The molecule has 0 aliphatic heterocycles. The van der Waals surface area contributed by atoms with Crippen molar-refractivity contribution in [2.45, 2.75) is 19.1 Å². The van der Waals surface area contributed by atoms with Crippen LogP contribution in [0.1, 0.15) is 16.7 Å². The van der Waals surface area contributed by atoms with Crippen molar-refractivity contribution < 1.29 is 9.59 Å². The predicted octanol–water partition coefficient (Wildman–Crippen LogP) is 3.27. The quantitative estimate of drug-likeness (QED) is 0.775. The number of halogens is 1. The van der Waals surface area contributed by atoms with Crippen LogP contribution in [0.2, 0.25) is 5.02 Å². The monoisotopic (exact) mass is 362 g/mol. The van der Waals surface area contributed by atoms with Gasteiger partial charge in [0.05, 0.1) is 12.2 Å². The molecule has 2 N–H and O–H groups in total. The Morgan fingerprint density at radius 2 is 1.50 bits per heavy atom. The fourth-order valence-electron chi connectivity index (χ4n) is 1.95. The molecular weight excluding hydrogens is 344 g/mol. The van der Waals surface area contributed by atoms with Crippen molar-refractivity contribution in [3.8, 4) is 0 Å². The second-order valence-corrected chi connectivity index (χ2v) is 6.80. The van der Waals surface area contributed by atoms with Crippen molar-refractivity contribution in [3.05, 3.63) is 70.2 Å². The van der Waals surface area contributed by atoms with Gasteiger partial charge < -0.3 is 0 Å². The molecular formula is C18H19ClN2O2S. The lowest BCUT2D eigenvalue weighted by atomic mass is 10.1. The summed E-state index contributed by atoms with van der Waals surface area (Å²) in [5.74, 6) is 0.549. The van der Waals surface area contributed by atoms with Gasteiger partial charge in [0.2, 0.25) is 11.8 Å². The maximum absolute atomic E-state index is 11.8. The average Bonchev–Trinajstić information content (AvgIpc) is 2.57. The maximum atomic E-state index is 11.8. The summed E-state index contributed by atoms with van der Waals surface area (Å²) in [5.41, 5.74) is 8.06. The number of nitrogens with one attached hydrogen (secondary N) is 2. The molecule has 24 heavy (non-hydrogen) atoms. The van der Waals surface area contributed by atoms with Gasteiger partial charge in [-0.3, -0.25) is 20.4 Å². The molecule has 0 atom stereocenters. The topological polar surface area (TPSA) is 58.2 Å². The Kier molecular flexibility index (Phi) is 7.15. The number of carbonyl (C=O) groups is 2. The molecule has 2 aromatic carbocycles. The molecule has 0 unspecified atom stereocenters. The summed E-state index contributed by atoms with van der Waals surface area (Å²) in [7, 11) is 0. The van der Waals surface area contributed by atoms with Crippen LogP contribution >= 0.6 is 23.4 Å². The van der Waals surface area contributed by atoms with Gasteiger partial charge >= 0.3 is 0 Å². The minimum atomic E-state index is -0.269. The molecule has 0 saturated heterocycles. The molecule has 2 rings (SSSR count). The molecule has 0 heterocycles. The number of rotatable bonds is 6. The smallest absolute Gasteiger partial charge is 0.248 e. The molecule has 126 valence electrons. The van der Waals surface area contributed by atoms with E-state index in [4.69, 9.17) is 11.6 Å². The van der Waals surface area contributed by atoms with E-state index in [0.717, 1.165) is 11.3 Å². The molecule has 0 fully saturated rings. The Bertz CT molecular complexity index is 687. The number of thioether (sulfide) groups is 1. The van der Waals surface area contributed by atoms with E-state index in [9.17, 15) is 9.59 Å². The Labute approximate surface area is 150 Å². The first-order valence-corrected chi connectivity index (χ1v) is 9.01. The molecule has 0 aliphatic carbocycles. The van der Waals surface area contributed by atoms with Crippen LogP contribution in [0.25, 0.3) is 0 Å². The highest BCUT2D eigenvalue weighted by Crippen LogP contribution is 2.12. The molecule has 0 aliphatic rings. The van der Waals surface area contributed by atoms with Gasteiger partial charge in [-0.15, -0.1) is 11.8 Å². The number of hydrazine groups is 1. The van der Waals surface area contributed by atoms with Crippen LogP contribution in [0, 0.1) is 6.92 Å². The first-order chi connectivity index (χ1) is 11.5. The van der Waals surface area contributed by atoms with Crippen LogP contribution in [-0.4, -0.2) is 17.6 Å². The Hall–Kier alpha value is -1.98. The maximum Gasteiger partial charge on any atom is 0.248 e. The minimum Gasteiger partial charge on any atom is -0.273 e. The first kappa shape index (κ1) is 18.4. The van der Waals surface area contributed by atoms with Gasteiger partial charge in [0, 0.05) is 10.8 Å². The zero-order chi connectivity index (χ0) is 17.4. The summed E-state index contributed by atoms with van der Waals surface area (Å²) in [6.07, 6.45) is 0.188. The zero-order valence-electron chi connectivity index (χ0n) is 13.3. The number of hydrogen-bond acceptors (Lipinski definition) is 3. The lowest BCUT2D eigenvalue weighted by molar-refractivity contribution is -0.127. The van der Waals surface area contributed by atoms with E-state index in [1.165, 1.54) is 22.9 Å². The summed E-state index contributed by atoms with van der Waals surface area (Å²) in [6, 6.07) is 15.2. The van der Waals surface area contributed by atoms with E-state index in [1.54, 1.807) is 24.3 Å². The molecule has 2 amide bonds. The third-order valence-corrected chi connectivity index (χ3v) is 4.50. The van der Waals surface area contributed by atoms with E-state index in [0.29, 0.717) is 5.02 Å². The van der Waals surface area contributed by atoms with Gasteiger partial charge in [-0.25, -0.2) is 0 Å². The number of carbonyl (C=O) groups excluding carboxylic acids is 2. The second kappa shape index (κ2) is 9.35. The molecule has 2 aromatic rings. The SMILES string of the molecule is Cc1ccc(CSCC(=O)NNC(=O)Cc2ccc(Cl)cc2)cc1. The van der Waals surface area contributed by atoms with Gasteiger partial charge in [0.25, 0.3) is 0 Å². The number of hydrogen-bond donors (Lipinski definition) is 2. The van der Waals surface area contributed by atoms with E-state index in [1.807, 2.05) is 31.2 Å². The van der Waals surface area contributed by atoms with Crippen LogP contribution in [0.15, 0.2) is 48.5 Å². The largest absolute Gasteiger partial charge is 0.273 e. The highest BCUT2D eigenvalue weighted by Gasteiger charge is 2.06. The molecule has 6 heteroatoms. The van der Waals surface area contributed by atoms with Crippen molar-refractivity contribution >= 4 is 35.2 Å². The van der Waals surface area contributed by atoms with Crippen LogP contribution < -0.4 is 10.9 Å². The van der Waals surface area contributed by atoms with Crippen molar-refractivity contribution in [1.29, 1.82) is 0 Å². The number of benzene rings is 2. The number of aryl methyl sites for hydroxylation is 1. The van der Waals surface area contributed by atoms with Gasteiger partial charge in [-0.1, -0.05) is 53.6 Å². The molecule has 0 aromatic heterocycles. The predicted molar refractivity (Wildman–Crippen MR) is 98.8 cm³/mol. The van der Waals surface area contributed by atoms with E-state index in [-0.39, 0.29) is 24.0 Å². The summed E-state index contributed by atoms with van der Waals surface area (Å²) in [5, 5.41) is 0.623. The van der Waals surface area contributed by atoms with Crippen molar-refractivity contribution in [1.82, 2.24) is 10.9 Å². The Balaban J connectivity index is 1.64. The summed E-state index contributed by atoms with van der Waals surface area (Å²) >= 11 is 7.29. The normalized spacial score (nSPS) is 10.2. The standard InChI is InChI=1S/C18H19ClN2O2S/c1-13-2-4-15(5-3-13)11-24-12-18(23)21-20-17(22)10-14-6-8-16(19)9-7-14/h2-9H,10-12H2,1H3,(H,20,22)(H,21,23). The third kappa shape index (κ3) is 6.64. The molecule has 0 radical (unpaired) electrons. The van der Waals surface area contributed by atoms with Gasteiger partial charge in [0.15, 0.2) is 0 Å².